The fourth-order valence-electron chi connectivity index (χ4n) is 0. The number of hydrogen-bond donors (Lipinski definition) is 3. The first-order valence-electron chi connectivity index (χ1n) is 1.88. The molecule has 3 atom stereocenters. The van der Waals surface area contributed by atoms with E-state index in [9.17, 15) is 16.8 Å². The Hall–Kier alpha value is 1.24. The Labute approximate surface area is 107 Å². The van der Waals surface area contributed by atoms with E-state index in [1.165, 1.54) is 0 Å². The van der Waals surface area contributed by atoms with Gasteiger partial charge < -0.3 is 4.55 Å². The molecule has 0 amide bonds. The zero-order chi connectivity index (χ0) is 11.2. The summed E-state index contributed by atoms with van der Waals surface area (Å²) in [5.74, 6) is 0. The summed E-state index contributed by atoms with van der Waals surface area (Å²) in [6.07, 6.45) is 0. The minimum Gasteiger partial charge on any atom is -0.760 e. The third-order valence-electron chi connectivity index (χ3n) is 0.297. The molecule has 3 unspecified atom stereocenters. The Balaban J connectivity index is -0.000000163. The van der Waals surface area contributed by atoms with Crippen molar-refractivity contribution in [3.8, 4) is 0 Å². The van der Waals surface area contributed by atoms with Gasteiger partial charge in [0.1, 0.15) is 0 Å². The summed E-state index contributed by atoms with van der Waals surface area (Å²) in [5.41, 5.74) is 0. The van der Waals surface area contributed by atoms with Crippen LogP contribution >= 0.6 is 0 Å². The minimum absolute atomic E-state index is 0. The third-order valence-corrected chi connectivity index (χ3v) is 2.67. The van der Waals surface area contributed by atoms with Crippen LogP contribution in [0.1, 0.15) is 0 Å². The van der Waals surface area contributed by atoms with Crippen LogP contribution < -0.4 is 29.6 Å². The van der Waals surface area contributed by atoms with Gasteiger partial charge in [-0.05, 0) is 0 Å². The molecule has 0 aromatic heterocycles. The molecule has 3 N–H and O–H groups in total. The fraction of sp³-hybridized carbons (Fsp3) is 0. The van der Waals surface area contributed by atoms with E-state index < -0.39 is 39.5 Å². The second-order valence-corrected chi connectivity index (χ2v) is 6.99. The van der Waals surface area contributed by atoms with Gasteiger partial charge in [-0.15, -0.1) is 0 Å². The Bertz CT molecular complexity index is 300. The molecular weight excluding hydrogens is 295 g/mol. The van der Waals surface area contributed by atoms with E-state index >= 15 is 0 Å². The molecule has 0 saturated carbocycles. The average Bonchev–Trinajstić information content (AvgIpc) is 1.86. The van der Waals surface area contributed by atoms with Crippen LogP contribution in [0.4, 0.5) is 0 Å². The van der Waals surface area contributed by atoms with Gasteiger partial charge in [0.2, 0.25) is 10.1 Å². The van der Waals surface area contributed by atoms with Gasteiger partial charge in [0.25, 0.3) is 0 Å². The van der Waals surface area contributed by atoms with Crippen molar-refractivity contribution in [2.75, 3.05) is 0 Å². The second-order valence-electron chi connectivity index (χ2n) is 1.07. The number of rotatable bonds is 2. The second kappa shape index (κ2) is 9.46. The van der Waals surface area contributed by atoms with E-state index in [4.69, 9.17) is 22.4 Å². The fourth-order valence-corrected chi connectivity index (χ4v) is 0. The first-order valence-corrected chi connectivity index (χ1v) is 7.64. The maximum Gasteiger partial charge on any atom is 1.00 e. The van der Waals surface area contributed by atoms with Crippen molar-refractivity contribution in [1.82, 2.24) is 0 Å². The van der Waals surface area contributed by atoms with Crippen LogP contribution in [-0.4, -0.2) is 39.3 Å². The molecule has 9 nitrogen and oxygen atoms in total. The molecule has 0 rings (SSSR count). The first kappa shape index (κ1) is 20.6. The smallest absolute Gasteiger partial charge is 0.760 e. The maximum atomic E-state index is 9.34. The Morgan fingerprint density at radius 2 is 1.21 bits per heavy atom. The van der Waals surface area contributed by atoms with Crippen molar-refractivity contribution in [3.63, 3.8) is 0 Å². The van der Waals surface area contributed by atoms with Gasteiger partial charge in [0, 0.05) is 0 Å². The van der Waals surface area contributed by atoms with E-state index in [2.05, 4.69) is 0 Å². The van der Waals surface area contributed by atoms with Gasteiger partial charge in [-0.3, -0.25) is 17.9 Å². The van der Waals surface area contributed by atoms with E-state index in [0.29, 0.717) is 0 Å². The maximum absolute atomic E-state index is 9.34. The van der Waals surface area contributed by atoms with E-state index in [-0.39, 0.29) is 29.6 Å². The summed E-state index contributed by atoms with van der Waals surface area (Å²) < 4.78 is 78.0. The molecule has 0 aromatic rings. The summed E-state index contributed by atoms with van der Waals surface area (Å²) in [7, 11) is -13.4. The standard InChI is InChI=1S/Na.H2O5S2.H2O4S2/c;1-6(2)7(3,4)5;1-5(2)6(3)4/h;(H,1,2)(H,3,4,5);(H,1,2)(H,3,4)/q+1;;/p-1. The molecule has 82 valence electrons. The Morgan fingerprint density at radius 1 is 1.07 bits per heavy atom. The van der Waals surface area contributed by atoms with Crippen molar-refractivity contribution in [2.45, 2.75) is 0 Å². The molecular formula is H3NaO9S4. The summed E-state index contributed by atoms with van der Waals surface area (Å²) in [6.45, 7) is 0. The topological polar surface area (TPSA) is 169 Å². The zero-order valence-electron chi connectivity index (χ0n) is 6.42. The molecule has 0 aliphatic carbocycles. The van der Waals surface area contributed by atoms with Gasteiger partial charge in [-0.25, -0.2) is 8.42 Å². The van der Waals surface area contributed by atoms with Crippen LogP contribution in [0.5, 0.6) is 0 Å². The van der Waals surface area contributed by atoms with Gasteiger partial charge >= 0.3 is 48.8 Å². The molecule has 0 aromatic carbocycles. The van der Waals surface area contributed by atoms with E-state index in [1.54, 1.807) is 0 Å². The predicted octanol–water partition coefficient (Wildman–Crippen LogP) is -4.98. The van der Waals surface area contributed by atoms with Crippen LogP contribution in [-0.2, 0) is 39.5 Å². The zero-order valence-corrected chi connectivity index (χ0v) is 11.7. The molecule has 14 heteroatoms. The van der Waals surface area contributed by atoms with Crippen LogP contribution in [0.15, 0.2) is 0 Å². The quantitative estimate of drug-likeness (QED) is 0.195. The van der Waals surface area contributed by atoms with Crippen molar-refractivity contribution in [1.29, 1.82) is 0 Å². The SMILES string of the molecule is O=S(O)S(=O)(=O)O.O=S([O-])S(=O)O.[Na+]. The molecule has 0 bridgehead atoms. The van der Waals surface area contributed by atoms with Crippen LogP contribution in [0, 0.1) is 0 Å². The molecule has 0 aliphatic heterocycles. The molecule has 0 aliphatic rings. The van der Waals surface area contributed by atoms with Crippen LogP contribution in [0.3, 0.4) is 0 Å². The normalized spacial score (nSPS) is 16.6. The largest absolute Gasteiger partial charge is 1.00 e. The summed E-state index contributed by atoms with van der Waals surface area (Å²) in [4.78, 5) is 0. The van der Waals surface area contributed by atoms with E-state index in [0.717, 1.165) is 0 Å². The van der Waals surface area contributed by atoms with Crippen molar-refractivity contribution in [2.24, 2.45) is 0 Å². The van der Waals surface area contributed by atoms with E-state index in [1.807, 2.05) is 0 Å². The molecule has 0 saturated heterocycles. The average molecular weight is 298 g/mol. The first-order chi connectivity index (χ1) is 5.59. The summed E-state index contributed by atoms with van der Waals surface area (Å²) in [6, 6.07) is 0. The number of hydrogen-bond acceptors (Lipinski definition) is 6. The minimum atomic E-state index is -4.71. The predicted molar refractivity (Wildman–Crippen MR) is 42.0 cm³/mol. The monoisotopic (exact) mass is 298 g/mol. The molecule has 0 spiro atoms. The Kier molecular flexibility index (Phi) is 13.9. The molecule has 0 heterocycles. The molecule has 0 radical (unpaired) electrons. The van der Waals surface area contributed by atoms with Gasteiger partial charge in [-0.1, -0.05) is 0 Å². The van der Waals surface area contributed by atoms with Crippen LogP contribution in [0.2, 0.25) is 0 Å². The molecule has 14 heavy (non-hydrogen) atoms. The van der Waals surface area contributed by atoms with Crippen molar-refractivity contribution >= 4 is 39.5 Å². The molecule has 0 fully saturated rings. The van der Waals surface area contributed by atoms with Crippen molar-refractivity contribution < 1.29 is 68.8 Å². The van der Waals surface area contributed by atoms with Gasteiger partial charge in [-0.2, -0.15) is 8.42 Å². The third kappa shape index (κ3) is 15.7. The summed E-state index contributed by atoms with van der Waals surface area (Å²) >= 11 is 0. The summed E-state index contributed by atoms with van der Waals surface area (Å²) in [5, 5.41) is 0. The Morgan fingerprint density at radius 3 is 1.21 bits per heavy atom. The van der Waals surface area contributed by atoms with Crippen LogP contribution in [0.25, 0.3) is 0 Å². The van der Waals surface area contributed by atoms with Gasteiger partial charge in [0.05, 0.1) is 10.1 Å². The van der Waals surface area contributed by atoms with Crippen molar-refractivity contribution in [3.05, 3.63) is 0 Å². The van der Waals surface area contributed by atoms with Gasteiger partial charge in [0.15, 0.2) is 0 Å².